The minimum absolute atomic E-state index is 0.207. The van der Waals surface area contributed by atoms with Gasteiger partial charge >= 0.3 is 6.18 Å². The van der Waals surface area contributed by atoms with Gasteiger partial charge in [0, 0.05) is 5.69 Å². The molecular weight excluding hydrogens is 281 g/mol. The third kappa shape index (κ3) is 3.67. The summed E-state index contributed by atoms with van der Waals surface area (Å²) in [5.74, 6) is 0. The van der Waals surface area contributed by atoms with Crippen LogP contribution in [0, 0.1) is 0 Å². The molecule has 0 saturated carbocycles. The monoisotopic (exact) mass is 288 g/mol. The molecule has 0 spiro atoms. The maximum atomic E-state index is 12.5. The van der Waals surface area contributed by atoms with Gasteiger partial charge in [0.1, 0.15) is 0 Å². The van der Waals surface area contributed by atoms with Gasteiger partial charge in [-0.1, -0.05) is 11.6 Å². The van der Waals surface area contributed by atoms with Gasteiger partial charge in [0.2, 0.25) is 10.0 Å². The summed E-state index contributed by atoms with van der Waals surface area (Å²) < 4.78 is 61.2. The lowest BCUT2D eigenvalue weighted by atomic mass is 10.1. The Morgan fingerprint density at radius 1 is 1.35 bits per heavy atom. The average molecular weight is 289 g/mol. The maximum Gasteiger partial charge on any atom is 0.418 e. The van der Waals surface area contributed by atoms with E-state index >= 15 is 0 Å². The molecule has 4 nitrogen and oxygen atoms in total. The minimum atomic E-state index is -4.68. The van der Waals surface area contributed by atoms with Crippen LogP contribution < -0.4 is 10.5 Å². The summed E-state index contributed by atoms with van der Waals surface area (Å²) in [4.78, 5) is 0. The zero-order chi connectivity index (χ0) is 13.4. The molecule has 1 aromatic carbocycles. The van der Waals surface area contributed by atoms with Gasteiger partial charge in [0.15, 0.2) is 0 Å². The predicted octanol–water partition coefficient (Wildman–Crippen LogP) is 2.31. The number of nitrogens with two attached hydrogens (primary N) is 1. The number of alkyl halides is 3. The summed E-state index contributed by atoms with van der Waals surface area (Å²) in [5.41, 5.74) is 3.08. The first-order valence-electron chi connectivity index (χ1n) is 4.15. The van der Waals surface area contributed by atoms with Crippen LogP contribution in [0.5, 0.6) is 0 Å². The van der Waals surface area contributed by atoms with Crippen molar-refractivity contribution in [1.82, 2.24) is 0 Å². The van der Waals surface area contributed by atoms with Crippen LogP contribution >= 0.6 is 11.6 Å². The lowest BCUT2D eigenvalue weighted by Gasteiger charge is -2.13. The SMILES string of the molecule is CS(=O)(=O)Nc1cc(C(F)(F)F)c(N)cc1Cl. The van der Waals surface area contributed by atoms with Crippen LogP contribution in [-0.2, 0) is 16.2 Å². The Hall–Kier alpha value is -1.15. The Balaban J connectivity index is 3.34. The van der Waals surface area contributed by atoms with Crippen LogP contribution in [0.2, 0.25) is 5.02 Å². The van der Waals surface area contributed by atoms with Crippen LogP contribution in [-0.4, -0.2) is 14.7 Å². The van der Waals surface area contributed by atoms with Gasteiger partial charge in [0.05, 0.1) is 22.5 Å². The highest BCUT2D eigenvalue weighted by atomic mass is 35.5. The smallest absolute Gasteiger partial charge is 0.398 e. The van der Waals surface area contributed by atoms with Crippen molar-refractivity contribution in [3.05, 3.63) is 22.7 Å². The van der Waals surface area contributed by atoms with Crippen LogP contribution in [0.1, 0.15) is 5.56 Å². The Morgan fingerprint density at radius 3 is 2.29 bits per heavy atom. The molecular formula is C8H8ClF3N2O2S. The highest BCUT2D eigenvalue weighted by molar-refractivity contribution is 7.92. The molecule has 0 bridgehead atoms. The van der Waals surface area contributed by atoms with Gasteiger partial charge in [-0.25, -0.2) is 8.42 Å². The standard InChI is InChI=1S/C8H8ClF3N2O2S/c1-17(15,16)14-7-2-4(8(10,11)12)6(13)3-5(7)9/h2-3,14H,13H2,1H3. The topological polar surface area (TPSA) is 72.2 Å². The van der Waals surface area contributed by atoms with Crippen molar-refractivity contribution in [2.45, 2.75) is 6.18 Å². The Labute approximate surface area is 101 Å². The fourth-order valence-electron chi connectivity index (χ4n) is 1.11. The second-order valence-corrected chi connectivity index (χ2v) is 5.45. The van der Waals surface area contributed by atoms with Crippen molar-refractivity contribution in [3.63, 3.8) is 0 Å². The molecule has 0 saturated heterocycles. The van der Waals surface area contributed by atoms with E-state index in [0.717, 1.165) is 12.3 Å². The van der Waals surface area contributed by atoms with Gasteiger partial charge in [-0.2, -0.15) is 13.2 Å². The van der Waals surface area contributed by atoms with Crippen LogP contribution in [0.3, 0.4) is 0 Å². The fourth-order valence-corrected chi connectivity index (χ4v) is 1.96. The van der Waals surface area contributed by atoms with Gasteiger partial charge in [0.25, 0.3) is 0 Å². The molecule has 0 aliphatic rings. The van der Waals surface area contributed by atoms with Crippen LogP contribution in [0.4, 0.5) is 24.5 Å². The zero-order valence-corrected chi connectivity index (χ0v) is 10.0. The van der Waals surface area contributed by atoms with Crippen molar-refractivity contribution in [3.8, 4) is 0 Å². The summed E-state index contributed by atoms with van der Waals surface area (Å²) >= 11 is 5.58. The highest BCUT2D eigenvalue weighted by Crippen LogP contribution is 2.38. The molecule has 0 unspecified atom stereocenters. The lowest BCUT2D eigenvalue weighted by molar-refractivity contribution is -0.136. The number of sulfonamides is 1. The van der Waals surface area contributed by atoms with Crippen molar-refractivity contribution < 1.29 is 21.6 Å². The lowest BCUT2D eigenvalue weighted by Crippen LogP contribution is -2.13. The van der Waals surface area contributed by atoms with Crippen LogP contribution in [0.25, 0.3) is 0 Å². The molecule has 17 heavy (non-hydrogen) atoms. The first-order chi connectivity index (χ1) is 7.50. The molecule has 0 heterocycles. The molecule has 0 aromatic heterocycles. The quantitative estimate of drug-likeness (QED) is 0.820. The second kappa shape index (κ2) is 4.26. The summed E-state index contributed by atoms with van der Waals surface area (Å²) in [6.45, 7) is 0. The summed E-state index contributed by atoms with van der Waals surface area (Å²) in [6, 6.07) is 1.40. The molecule has 0 fully saturated rings. The maximum absolute atomic E-state index is 12.5. The first-order valence-corrected chi connectivity index (χ1v) is 6.41. The highest BCUT2D eigenvalue weighted by Gasteiger charge is 2.34. The molecule has 1 rings (SSSR count). The number of benzene rings is 1. The molecule has 1 aromatic rings. The summed E-state index contributed by atoms with van der Waals surface area (Å²) in [6.07, 6.45) is -3.88. The summed E-state index contributed by atoms with van der Waals surface area (Å²) in [7, 11) is -3.72. The number of hydrogen-bond donors (Lipinski definition) is 2. The number of halogens is 4. The van der Waals surface area contributed by atoms with Gasteiger partial charge in [-0.3, -0.25) is 4.72 Å². The third-order valence-electron chi connectivity index (χ3n) is 1.74. The zero-order valence-electron chi connectivity index (χ0n) is 8.47. The second-order valence-electron chi connectivity index (χ2n) is 3.29. The molecule has 0 atom stereocenters. The van der Waals surface area contributed by atoms with E-state index in [1.165, 1.54) is 0 Å². The number of hydrogen-bond acceptors (Lipinski definition) is 3. The first kappa shape index (κ1) is 13.9. The molecule has 96 valence electrons. The summed E-state index contributed by atoms with van der Waals surface area (Å²) in [5, 5.41) is -0.207. The van der Waals surface area contributed by atoms with E-state index in [-0.39, 0.29) is 10.7 Å². The predicted molar refractivity (Wildman–Crippen MR) is 59.3 cm³/mol. The van der Waals surface area contributed by atoms with Gasteiger partial charge in [-0.15, -0.1) is 0 Å². The van der Waals surface area contributed by atoms with E-state index in [0.29, 0.717) is 6.07 Å². The number of anilines is 2. The molecule has 0 aliphatic heterocycles. The van der Waals surface area contributed by atoms with E-state index in [4.69, 9.17) is 17.3 Å². The van der Waals surface area contributed by atoms with E-state index in [1.54, 1.807) is 0 Å². The van der Waals surface area contributed by atoms with E-state index in [2.05, 4.69) is 0 Å². The normalized spacial score (nSPS) is 12.5. The van der Waals surface area contributed by atoms with Gasteiger partial charge in [-0.05, 0) is 12.1 Å². The molecule has 3 N–H and O–H groups in total. The van der Waals surface area contributed by atoms with Crippen molar-refractivity contribution >= 4 is 33.0 Å². The Kier molecular flexibility index (Phi) is 3.49. The third-order valence-corrected chi connectivity index (χ3v) is 2.64. The average Bonchev–Trinajstić information content (AvgIpc) is 2.05. The van der Waals surface area contributed by atoms with Gasteiger partial charge < -0.3 is 5.73 Å². The number of rotatable bonds is 2. The van der Waals surface area contributed by atoms with E-state index < -0.39 is 27.5 Å². The molecule has 0 radical (unpaired) electrons. The van der Waals surface area contributed by atoms with Crippen LogP contribution in [0.15, 0.2) is 12.1 Å². The minimum Gasteiger partial charge on any atom is -0.398 e. The molecule has 0 amide bonds. The van der Waals surface area contributed by atoms with Crippen molar-refractivity contribution in [1.29, 1.82) is 0 Å². The largest absolute Gasteiger partial charge is 0.418 e. The fraction of sp³-hybridized carbons (Fsp3) is 0.250. The Morgan fingerprint density at radius 2 is 1.88 bits per heavy atom. The van der Waals surface area contributed by atoms with Crippen molar-refractivity contribution in [2.24, 2.45) is 0 Å². The van der Waals surface area contributed by atoms with E-state index in [1.807, 2.05) is 4.72 Å². The molecule has 9 heteroatoms. The van der Waals surface area contributed by atoms with Crippen molar-refractivity contribution in [2.75, 3.05) is 16.7 Å². The Bertz CT molecular complexity index is 542. The number of nitrogens with one attached hydrogen (secondary N) is 1. The number of nitrogen functional groups attached to an aromatic ring is 1. The molecule has 0 aliphatic carbocycles. The van der Waals surface area contributed by atoms with E-state index in [9.17, 15) is 21.6 Å².